The molecule has 1 aliphatic rings. The Hall–Kier alpha value is -1.41. The average Bonchev–Trinajstić information content (AvgIpc) is 2.29. The van der Waals surface area contributed by atoms with Gasteiger partial charge in [-0.1, -0.05) is 0 Å². The van der Waals surface area contributed by atoms with Crippen molar-refractivity contribution < 1.29 is 14.3 Å². The quantitative estimate of drug-likeness (QED) is 0.691. The Kier molecular flexibility index (Phi) is 5.51. The van der Waals surface area contributed by atoms with Crippen molar-refractivity contribution in [3.8, 4) is 6.07 Å². The highest BCUT2D eigenvalue weighted by molar-refractivity contribution is 5.79. The number of hydrogen-bond donors (Lipinski definition) is 1. The molecule has 0 aromatic carbocycles. The molecule has 0 saturated heterocycles. The van der Waals surface area contributed by atoms with Gasteiger partial charge in [-0.3, -0.25) is 9.59 Å². The molecule has 0 aromatic rings. The number of nitriles is 1. The summed E-state index contributed by atoms with van der Waals surface area (Å²) in [6.07, 6.45) is 2.87. The largest absolute Gasteiger partial charge is 0.368 e. The van der Waals surface area contributed by atoms with Gasteiger partial charge in [0, 0.05) is 19.4 Å². The molecule has 0 spiro atoms. The molecule has 1 amide bonds. The van der Waals surface area contributed by atoms with Crippen LogP contribution in [0.2, 0.25) is 0 Å². The molecule has 0 aliphatic heterocycles. The van der Waals surface area contributed by atoms with Crippen LogP contribution in [0.4, 0.5) is 0 Å². The number of rotatable bonds is 5. The van der Waals surface area contributed by atoms with Gasteiger partial charge >= 0.3 is 0 Å². The van der Waals surface area contributed by atoms with Gasteiger partial charge < -0.3 is 10.1 Å². The summed E-state index contributed by atoms with van der Waals surface area (Å²) in [6.45, 7) is 0.381. The first-order valence-electron chi connectivity index (χ1n) is 5.49. The first kappa shape index (κ1) is 12.7. The lowest BCUT2D eigenvalue weighted by molar-refractivity contribution is -0.130. The van der Waals surface area contributed by atoms with Crippen molar-refractivity contribution in [2.45, 2.75) is 38.2 Å². The molecule has 0 unspecified atom stereocenters. The number of nitrogens with one attached hydrogen (secondary N) is 1. The molecule has 1 N–H and O–H groups in total. The van der Waals surface area contributed by atoms with Gasteiger partial charge in [0.25, 0.3) is 0 Å². The van der Waals surface area contributed by atoms with E-state index < -0.39 is 0 Å². The van der Waals surface area contributed by atoms with Crippen LogP contribution in [0, 0.1) is 11.3 Å². The zero-order valence-electron chi connectivity index (χ0n) is 9.20. The molecule has 1 rings (SSSR count). The average molecular weight is 224 g/mol. The fraction of sp³-hybridized carbons (Fsp3) is 0.727. The van der Waals surface area contributed by atoms with Gasteiger partial charge in [-0.05, 0) is 12.8 Å². The lowest BCUT2D eigenvalue weighted by Crippen LogP contribution is -2.31. The van der Waals surface area contributed by atoms with Gasteiger partial charge in [0.15, 0.2) is 0 Å². The lowest BCUT2D eigenvalue weighted by Gasteiger charge is -2.20. The van der Waals surface area contributed by atoms with E-state index in [9.17, 15) is 9.59 Å². The van der Waals surface area contributed by atoms with Crippen LogP contribution in [0.1, 0.15) is 32.1 Å². The van der Waals surface area contributed by atoms with E-state index in [4.69, 9.17) is 10.00 Å². The third-order valence-electron chi connectivity index (χ3n) is 2.50. The minimum atomic E-state index is -0.202. The van der Waals surface area contributed by atoms with E-state index in [-0.39, 0.29) is 24.4 Å². The second kappa shape index (κ2) is 6.96. The molecule has 0 radical (unpaired) electrons. The SMILES string of the molecule is N#CCCNC(=O)COC1CCC(=O)CC1. The van der Waals surface area contributed by atoms with Crippen LogP contribution in [0.15, 0.2) is 0 Å². The highest BCUT2D eigenvalue weighted by atomic mass is 16.5. The maximum Gasteiger partial charge on any atom is 0.246 e. The van der Waals surface area contributed by atoms with Gasteiger partial charge in [-0.25, -0.2) is 0 Å². The number of Topliss-reactive ketones (excluding diaryl/α,β-unsaturated/α-hetero) is 1. The van der Waals surface area contributed by atoms with E-state index in [0.29, 0.717) is 38.6 Å². The van der Waals surface area contributed by atoms with Crippen molar-refractivity contribution in [1.82, 2.24) is 5.32 Å². The smallest absolute Gasteiger partial charge is 0.246 e. The molecule has 1 aliphatic carbocycles. The minimum absolute atomic E-state index is 0.0181. The van der Waals surface area contributed by atoms with E-state index in [0.717, 1.165) is 0 Å². The number of carbonyl (C=O) groups is 2. The third-order valence-corrected chi connectivity index (χ3v) is 2.50. The van der Waals surface area contributed by atoms with Crippen LogP contribution in [0.3, 0.4) is 0 Å². The zero-order chi connectivity index (χ0) is 11.8. The molecule has 0 aromatic heterocycles. The highest BCUT2D eigenvalue weighted by Gasteiger charge is 2.19. The molecular weight excluding hydrogens is 208 g/mol. The molecule has 5 nitrogen and oxygen atoms in total. The summed E-state index contributed by atoms with van der Waals surface area (Å²) in [6, 6.07) is 1.94. The Labute approximate surface area is 94.8 Å². The molecule has 88 valence electrons. The number of ketones is 1. The second-order valence-electron chi connectivity index (χ2n) is 3.81. The van der Waals surface area contributed by atoms with Crippen molar-refractivity contribution >= 4 is 11.7 Å². The van der Waals surface area contributed by atoms with Crippen LogP contribution >= 0.6 is 0 Å². The third kappa shape index (κ3) is 4.89. The normalized spacial score (nSPS) is 16.8. The number of amides is 1. The summed E-state index contributed by atoms with van der Waals surface area (Å²) in [5.41, 5.74) is 0. The zero-order valence-corrected chi connectivity index (χ0v) is 9.20. The van der Waals surface area contributed by atoms with Crippen LogP contribution in [-0.2, 0) is 14.3 Å². The minimum Gasteiger partial charge on any atom is -0.368 e. The monoisotopic (exact) mass is 224 g/mol. The van der Waals surface area contributed by atoms with Crippen molar-refractivity contribution in [1.29, 1.82) is 5.26 Å². The maximum atomic E-state index is 11.2. The standard InChI is InChI=1S/C11H16N2O3/c12-6-1-7-13-11(15)8-16-10-4-2-9(14)3-5-10/h10H,1-5,7-8H2,(H,13,15). The molecular formula is C11H16N2O3. The molecule has 5 heteroatoms. The Balaban J connectivity index is 2.08. The summed E-state index contributed by atoms with van der Waals surface area (Å²) in [5, 5.41) is 10.9. The highest BCUT2D eigenvalue weighted by Crippen LogP contribution is 2.17. The Morgan fingerprint density at radius 1 is 1.50 bits per heavy atom. The summed E-state index contributed by atoms with van der Waals surface area (Å²) < 4.78 is 5.38. The molecule has 0 bridgehead atoms. The van der Waals surface area contributed by atoms with Gasteiger partial charge in [0.05, 0.1) is 18.6 Å². The first-order chi connectivity index (χ1) is 7.72. The van der Waals surface area contributed by atoms with Crippen molar-refractivity contribution in [3.05, 3.63) is 0 Å². The van der Waals surface area contributed by atoms with E-state index in [1.807, 2.05) is 6.07 Å². The van der Waals surface area contributed by atoms with Crippen LogP contribution < -0.4 is 5.32 Å². The van der Waals surface area contributed by atoms with Crippen molar-refractivity contribution in [2.75, 3.05) is 13.2 Å². The molecule has 1 saturated carbocycles. The Bertz CT molecular complexity index is 286. The van der Waals surface area contributed by atoms with Crippen molar-refractivity contribution in [2.24, 2.45) is 0 Å². The summed E-state index contributed by atoms with van der Waals surface area (Å²) in [4.78, 5) is 22.2. The number of nitrogens with zero attached hydrogens (tertiary/aromatic N) is 1. The van der Waals surface area contributed by atoms with E-state index in [2.05, 4.69) is 5.32 Å². The van der Waals surface area contributed by atoms with E-state index in [1.54, 1.807) is 0 Å². The molecule has 1 fully saturated rings. The summed E-state index contributed by atoms with van der Waals surface area (Å²) in [5.74, 6) is 0.0745. The fourth-order valence-electron chi connectivity index (χ4n) is 1.58. The second-order valence-corrected chi connectivity index (χ2v) is 3.81. The lowest BCUT2D eigenvalue weighted by atomic mass is 9.96. The van der Waals surface area contributed by atoms with E-state index in [1.165, 1.54) is 0 Å². The van der Waals surface area contributed by atoms with Crippen LogP contribution in [0.25, 0.3) is 0 Å². The predicted molar refractivity (Wildman–Crippen MR) is 56.5 cm³/mol. The Morgan fingerprint density at radius 2 is 2.19 bits per heavy atom. The van der Waals surface area contributed by atoms with E-state index >= 15 is 0 Å². The molecule has 16 heavy (non-hydrogen) atoms. The molecule has 0 atom stereocenters. The molecule has 0 heterocycles. The Morgan fingerprint density at radius 3 is 2.81 bits per heavy atom. The maximum absolute atomic E-state index is 11.2. The van der Waals surface area contributed by atoms with Gasteiger partial charge in [0.1, 0.15) is 12.4 Å². The van der Waals surface area contributed by atoms with Gasteiger partial charge in [-0.2, -0.15) is 5.26 Å². The number of hydrogen-bond acceptors (Lipinski definition) is 4. The van der Waals surface area contributed by atoms with Crippen LogP contribution in [-0.4, -0.2) is 30.9 Å². The summed E-state index contributed by atoms with van der Waals surface area (Å²) in [7, 11) is 0. The van der Waals surface area contributed by atoms with Gasteiger partial charge in [-0.15, -0.1) is 0 Å². The fourth-order valence-corrected chi connectivity index (χ4v) is 1.58. The van der Waals surface area contributed by atoms with Gasteiger partial charge in [0.2, 0.25) is 5.91 Å². The van der Waals surface area contributed by atoms with Crippen LogP contribution in [0.5, 0.6) is 0 Å². The number of carbonyl (C=O) groups excluding carboxylic acids is 2. The summed E-state index contributed by atoms with van der Waals surface area (Å²) >= 11 is 0. The number of ether oxygens (including phenoxy) is 1. The topological polar surface area (TPSA) is 79.2 Å². The predicted octanol–water partition coefficient (Wildman–Crippen LogP) is 0.545. The van der Waals surface area contributed by atoms with Crippen molar-refractivity contribution in [3.63, 3.8) is 0 Å². The first-order valence-corrected chi connectivity index (χ1v) is 5.49.